The van der Waals surface area contributed by atoms with Crippen molar-refractivity contribution in [1.29, 1.82) is 0 Å². The van der Waals surface area contributed by atoms with E-state index < -0.39 is 26.6 Å². The van der Waals surface area contributed by atoms with Crippen molar-refractivity contribution >= 4 is 32.8 Å². The summed E-state index contributed by atoms with van der Waals surface area (Å²) in [5, 5.41) is 0.552. The number of hydrogen-bond donors (Lipinski definition) is 1. The monoisotopic (exact) mass is 564 g/mol. The highest BCUT2D eigenvalue weighted by molar-refractivity contribution is 7.91. The molecule has 3 aromatic rings. The molecule has 1 aromatic heterocycles. The lowest BCUT2D eigenvalue weighted by atomic mass is 9.80. The van der Waals surface area contributed by atoms with E-state index in [1.54, 1.807) is 19.2 Å². The van der Waals surface area contributed by atoms with Crippen molar-refractivity contribution < 1.29 is 27.5 Å². The van der Waals surface area contributed by atoms with Crippen LogP contribution in [0, 0.1) is 5.41 Å². The average molecular weight is 565 g/mol. The van der Waals surface area contributed by atoms with Crippen molar-refractivity contribution in [1.82, 2.24) is 9.29 Å². The van der Waals surface area contributed by atoms with Crippen molar-refractivity contribution in [2.75, 3.05) is 14.2 Å². The van der Waals surface area contributed by atoms with E-state index in [2.05, 4.69) is 15.4 Å². The maximum absolute atomic E-state index is 13.3. The molecule has 0 radical (unpaired) electrons. The summed E-state index contributed by atoms with van der Waals surface area (Å²) in [6.07, 6.45) is 7.32. The molecule has 1 aliphatic heterocycles. The minimum Gasteiger partial charge on any atom is -0.497 e. The lowest BCUT2D eigenvalue weighted by molar-refractivity contribution is -0.152. The predicted molar refractivity (Wildman–Crippen MR) is 153 cm³/mol. The second kappa shape index (κ2) is 9.94. The Morgan fingerprint density at radius 3 is 2.42 bits per heavy atom. The zero-order valence-corrected chi connectivity index (χ0v) is 24.1. The molecule has 2 fully saturated rings. The quantitative estimate of drug-likeness (QED) is 0.407. The molecule has 1 amide bonds. The lowest BCUT2D eigenvalue weighted by Crippen LogP contribution is -2.35. The smallest absolute Gasteiger partial charge is 0.313 e. The summed E-state index contributed by atoms with van der Waals surface area (Å²) >= 11 is 0. The molecule has 1 atom stereocenters. The van der Waals surface area contributed by atoms with E-state index in [0.717, 1.165) is 59.2 Å². The number of aromatic nitrogens is 1. The number of nitrogens with one attached hydrogen (secondary N) is 1. The fraction of sp³-hybridized carbons (Fsp3) is 0.484. The largest absolute Gasteiger partial charge is 0.497 e. The van der Waals surface area contributed by atoms with Gasteiger partial charge in [0.25, 0.3) is 5.91 Å². The van der Waals surface area contributed by atoms with E-state index in [1.807, 2.05) is 25.1 Å². The van der Waals surface area contributed by atoms with E-state index >= 15 is 0 Å². The van der Waals surface area contributed by atoms with Gasteiger partial charge in [-0.15, -0.1) is 0 Å². The van der Waals surface area contributed by atoms with Gasteiger partial charge in [-0.1, -0.05) is 25.3 Å². The Hall–Kier alpha value is -3.33. The molecule has 0 bridgehead atoms. The molecule has 8 nitrogen and oxygen atoms in total. The van der Waals surface area contributed by atoms with Crippen molar-refractivity contribution in [2.24, 2.45) is 5.41 Å². The van der Waals surface area contributed by atoms with Gasteiger partial charge in [-0.25, -0.2) is 13.1 Å². The highest BCUT2D eigenvalue weighted by Crippen LogP contribution is 2.49. The Morgan fingerprint density at radius 2 is 1.75 bits per heavy atom. The Balaban J connectivity index is 1.59. The lowest BCUT2D eigenvalue weighted by Gasteiger charge is -2.26. The molecule has 0 spiro atoms. The molecule has 2 heterocycles. The number of carbonyl (C=O) groups excluding carboxylic acids is 2. The molecule has 0 saturated heterocycles. The maximum Gasteiger partial charge on any atom is 0.313 e. The number of hydrogen-bond acceptors (Lipinski definition) is 6. The first-order valence-corrected chi connectivity index (χ1v) is 15.7. The van der Waals surface area contributed by atoms with Gasteiger partial charge >= 0.3 is 5.97 Å². The Bertz CT molecular complexity index is 1610. The number of methoxy groups -OCH3 is 2. The summed E-state index contributed by atoms with van der Waals surface area (Å²) in [4.78, 5) is 26.4. The maximum atomic E-state index is 13.3. The van der Waals surface area contributed by atoms with Crippen molar-refractivity contribution in [3.05, 3.63) is 53.1 Å². The van der Waals surface area contributed by atoms with Gasteiger partial charge in [0.15, 0.2) is 0 Å². The SMILES string of the molecule is COC(=O)C1(C)Cc2cc(OC)ccc2-c2c(C3CCCCC3)c3ccc(C(=O)NS(=O)(=O)C4CC4)cc3n2C1. The third-order valence-electron chi connectivity index (χ3n) is 8.91. The molecular formula is C31H36N2O6S. The first kappa shape index (κ1) is 26.9. The predicted octanol–water partition coefficient (Wildman–Crippen LogP) is 5.32. The van der Waals surface area contributed by atoms with Crippen LogP contribution >= 0.6 is 0 Å². The van der Waals surface area contributed by atoms with Crippen molar-refractivity contribution in [2.45, 2.75) is 76.0 Å². The number of ether oxygens (including phenoxy) is 2. The van der Waals surface area contributed by atoms with Gasteiger partial charge in [-0.05, 0) is 86.4 Å². The number of esters is 1. The van der Waals surface area contributed by atoms with Crippen LogP contribution in [0.2, 0.25) is 0 Å². The molecule has 1 N–H and O–H groups in total. The molecule has 9 heteroatoms. The number of rotatable bonds is 6. The van der Waals surface area contributed by atoms with Crippen LogP contribution in [0.3, 0.4) is 0 Å². The molecule has 212 valence electrons. The van der Waals surface area contributed by atoms with Gasteiger partial charge in [-0.3, -0.25) is 9.59 Å². The highest BCUT2D eigenvalue weighted by atomic mass is 32.2. The highest BCUT2D eigenvalue weighted by Gasteiger charge is 2.41. The van der Waals surface area contributed by atoms with Gasteiger partial charge in [0, 0.05) is 28.6 Å². The third kappa shape index (κ3) is 4.58. The Kier molecular flexibility index (Phi) is 6.68. The fourth-order valence-corrected chi connectivity index (χ4v) is 8.01. The van der Waals surface area contributed by atoms with E-state index in [-0.39, 0.29) is 11.5 Å². The van der Waals surface area contributed by atoms with Gasteiger partial charge in [-0.2, -0.15) is 0 Å². The second-order valence-corrected chi connectivity index (χ2v) is 13.8. The topological polar surface area (TPSA) is 104 Å². The number of carbonyl (C=O) groups is 2. The van der Waals surface area contributed by atoms with Gasteiger partial charge in [0.2, 0.25) is 10.0 Å². The molecule has 3 aliphatic rings. The molecule has 40 heavy (non-hydrogen) atoms. The summed E-state index contributed by atoms with van der Waals surface area (Å²) < 4.78 is 40.3. The van der Waals surface area contributed by atoms with Gasteiger partial charge in [0.05, 0.1) is 30.6 Å². The molecule has 2 saturated carbocycles. The van der Waals surface area contributed by atoms with Crippen LogP contribution in [0.4, 0.5) is 0 Å². The number of sulfonamides is 1. The first-order valence-electron chi connectivity index (χ1n) is 14.1. The van der Waals surface area contributed by atoms with Crippen LogP contribution in [-0.4, -0.2) is 44.3 Å². The summed E-state index contributed by atoms with van der Waals surface area (Å²) in [6.45, 7) is 2.28. The Morgan fingerprint density at radius 1 is 1.00 bits per heavy atom. The van der Waals surface area contributed by atoms with Crippen molar-refractivity contribution in [3.8, 4) is 17.0 Å². The summed E-state index contributed by atoms with van der Waals surface area (Å²) in [6, 6.07) is 11.5. The molecule has 1 unspecified atom stereocenters. The standard InChI is InChI=1S/C31H36N2O6S/c1-31(30(35)39-3)17-21-15-22(38-2)10-14-24(21)28-27(19-7-5-4-6-8-19)25-13-9-20(16-26(25)33(28)18-31)29(34)32-40(36,37)23-11-12-23/h9-10,13-16,19,23H,4-8,11-12,17-18H2,1-3H3,(H,32,34). The number of benzene rings is 2. The van der Waals surface area contributed by atoms with Crippen molar-refractivity contribution in [3.63, 3.8) is 0 Å². The minimum atomic E-state index is -3.68. The van der Waals surface area contributed by atoms with Gasteiger partial charge in [0.1, 0.15) is 5.75 Å². The summed E-state index contributed by atoms with van der Waals surface area (Å²) in [7, 11) is -0.632. The zero-order chi connectivity index (χ0) is 28.2. The van der Waals surface area contributed by atoms with Crippen LogP contribution in [0.1, 0.15) is 79.3 Å². The number of fused-ring (bicyclic) bond motifs is 5. The minimum absolute atomic E-state index is 0.284. The second-order valence-electron chi connectivity index (χ2n) is 11.8. The molecule has 2 aliphatic carbocycles. The van der Waals surface area contributed by atoms with E-state index in [9.17, 15) is 18.0 Å². The number of nitrogens with zero attached hydrogens (tertiary/aromatic N) is 1. The zero-order valence-electron chi connectivity index (χ0n) is 23.3. The van der Waals surface area contributed by atoms with Crippen LogP contribution in [0.5, 0.6) is 5.75 Å². The molecular weight excluding hydrogens is 528 g/mol. The van der Waals surface area contributed by atoms with Crippen LogP contribution in [0.25, 0.3) is 22.2 Å². The van der Waals surface area contributed by atoms with Gasteiger partial charge < -0.3 is 14.0 Å². The van der Waals surface area contributed by atoms with Crippen LogP contribution in [-0.2, 0) is 32.5 Å². The van der Waals surface area contributed by atoms with E-state index in [1.165, 1.54) is 19.1 Å². The van der Waals surface area contributed by atoms with E-state index in [4.69, 9.17) is 9.47 Å². The normalized spacial score (nSPS) is 21.3. The molecule has 2 aromatic carbocycles. The Labute approximate surface area is 235 Å². The third-order valence-corrected chi connectivity index (χ3v) is 10.7. The first-order chi connectivity index (χ1) is 19.1. The van der Waals surface area contributed by atoms with Crippen LogP contribution < -0.4 is 9.46 Å². The fourth-order valence-electron chi connectivity index (χ4n) is 6.71. The number of amides is 1. The van der Waals surface area contributed by atoms with Crippen LogP contribution in [0.15, 0.2) is 36.4 Å². The average Bonchev–Trinajstić information content (AvgIpc) is 3.78. The van der Waals surface area contributed by atoms with E-state index in [0.29, 0.717) is 31.7 Å². The summed E-state index contributed by atoms with van der Waals surface area (Å²) in [5.74, 6) is 0.142. The molecule has 6 rings (SSSR count). The summed E-state index contributed by atoms with van der Waals surface area (Å²) in [5.41, 5.74) is 4.61.